The molecule has 0 aliphatic carbocycles. The Morgan fingerprint density at radius 1 is 1.34 bits per heavy atom. The molecule has 3 saturated heterocycles. The van der Waals surface area contributed by atoms with E-state index in [1.807, 2.05) is 29.3 Å². The molecule has 0 bridgehead atoms. The maximum atomic E-state index is 12.6. The van der Waals surface area contributed by atoms with Crippen molar-refractivity contribution in [2.75, 3.05) is 33.4 Å². The number of aromatic nitrogens is 2. The molecule has 1 aromatic carbocycles. The van der Waals surface area contributed by atoms with Gasteiger partial charge in [0.15, 0.2) is 0 Å². The normalized spacial score (nSPS) is 26.1. The number of likely N-dealkylation sites (N-methyl/N-ethyl adjacent to an activating group) is 1. The third kappa shape index (κ3) is 3.42. The smallest absolute Gasteiger partial charge is 0.284 e. The number of amides is 2. The number of hydrogen-bond acceptors (Lipinski definition) is 7. The molecule has 5 rings (SSSR count). The summed E-state index contributed by atoms with van der Waals surface area (Å²) in [5, 5.41) is 12.5. The molecule has 3 aliphatic rings. The zero-order chi connectivity index (χ0) is 22.3. The molecular weight excluding hydrogens is 410 g/mol. The van der Waals surface area contributed by atoms with Crippen molar-refractivity contribution in [1.82, 2.24) is 25.3 Å². The van der Waals surface area contributed by atoms with Crippen molar-refractivity contribution in [3.8, 4) is 11.8 Å². The lowest BCUT2D eigenvalue weighted by atomic mass is 9.68. The van der Waals surface area contributed by atoms with Crippen LogP contribution in [0.3, 0.4) is 0 Å². The molecule has 4 heterocycles. The van der Waals surface area contributed by atoms with Crippen molar-refractivity contribution in [3.05, 3.63) is 59.7 Å². The van der Waals surface area contributed by atoms with Crippen molar-refractivity contribution < 1.29 is 19.4 Å². The average Bonchev–Trinajstić information content (AvgIpc) is 3.02. The van der Waals surface area contributed by atoms with Crippen LogP contribution in [0.5, 0.6) is 0 Å². The number of hydrogen-bond donors (Lipinski definition) is 2. The molecule has 1 aromatic heterocycles. The molecule has 2 amide bonds. The fraction of sp³-hybridized carbons (Fsp3) is 0.391. The quantitative estimate of drug-likeness (QED) is 0.663. The highest BCUT2D eigenvalue weighted by Gasteiger charge is 2.58. The molecule has 2 N–H and O–H groups in total. The summed E-state index contributed by atoms with van der Waals surface area (Å²) < 4.78 is 5.49. The second kappa shape index (κ2) is 7.67. The minimum atomic E-state index is -1.64. The number of ether oxygens (including phenoxy) is 1. The van der Waals surface area contributed by atoms with Crippen LogP contribution in [0.25, 0.3) is 0 Å². The number of hydrazine groups is 1. The minimum Gasteiger partial charge on any atom is -0.380 e. The highest BCUT2D eigenvalue weighted by Crippen LogP contribution is 2.52. The number of likely N-dealkylation sites (tertiary alicyclic amines) is 1. The molecule has 3 aliphatic heterocycles. The molecule has 32 heavy (non-hydrogen) atoms. The highest BCUT2D eigenvalue weighted by molar-refractivity contribution is 5.92. The average molecular weight is 433 g/mol. The second-order valence-electron chi connectivity index (χ2n) is 8.63. The molecule has 2 aromatic rings. The van der Waals surface area contributed by atoms with E-state index in [0.29, 0.717) is 44.0 Å². The van der Waals surface area contributed by atoms with Gasteiger partial charge in [-0.2, -0.15) is 0 Å². The van der Waals surface area contributed by atoms with Crippen LogP contribution >= 0.6 is 0 Å². The van der Waals surface area contributed by atoms with Gasteiger partial charge in [-0.3, -0.25) is 15.0 Å². The third-order valence-electron chi connectivity index (χ3n) is 6.34. The number of carbonyl (C=O) groups excluding carboxylic acids is 2. The van der Waals surface area contributed by atoms with Gasteiger partial charge in [-0.25, -0.2) is 15.0 Å². The topological polar surface area (TPSA) is 108 Å². The van der Waals surface area contributed by atoms with Gasteiger partial charge in [0.25, 0.3) is 11.8 Å². The molecule has 1 unspecified atom stereocenters. The predicted octanol–water partition coefficient (Wildman–Crippen LogP) is 0.140. The van der Waals surface area contributed by atoms with E-state index in [0.717, 1.165) is 5.56 Å². The first-order chi connectivity index (χ1) is 15.4. The van der Waals surface area contributed by atoms with E-state index in [1.54, 1.807) is 13.1 Å². The molecule has 164 valence electrons. The van der Waals surface area contributed by atoms with Crippen LogP contribution in [0.15, 0.2) is 42.9 Å². The van der Waals surface area contributed by atoms with Crippen LogP contribution in [-0.4, -0.2) is 75.7 Å². The van der Waals surface area contributed by atoms with E-state index in [2.05, 4.69) is 27.2 Å². The Bertz CT molecular complexity index is 1120. The van der Waals surface area contributed by atoms with Crippen LogP contribution < -0.4 is 5.43 Å². The summed E-state index contributed by atoms with van der Waals surface area (Å²) in [6.45, 7) is 2.39. The van der Waals surface area contributed by atoms with Crippen molar-refractivity contribution in [2.24, 2.45) is 5.41 Å². The van der Waals surface area contributed by atoms with Gasteiger partial charge in [0.05, 0.1) is 24.7 Å². The zero-order valence-electron chi connectivity index (χ0n) is 17.6. The largest absolute Gasteiger partial charge is 0.380 e. The van der Waals surface area contributed by atoms with Crippen molar-refractivity contribution in [1.29, 1.82) is 0 Å². The van der Waals surface area contributed by atoms with Gasteiger partial charge in [0, 0.05) is 38.3 Å². The standard InChI is InChI=1S/C23H23N5O4/c1-27-10-8-23(31,21(27)30)7-5-16-3-2-4-17(11-16)19-22(13-32-14-22)12-28(19)26-20(29)18-6-9-24-15-25-18/h2-4,6,9,11,15,19,31H,8,10,12-14H2,1H3,(H,26,29)/t19?,23-/m0/s1. The molecule has 2 atom stereocenters. The van der Waals surface area contributed by atoms with Gasteiger partial charge in [-0.05, 0) is 23.8 Å². The lowest BCUT2D eigenvalue weighted by molar-refractivity contribution is -0.240. The van der Waals surface area contributed by atoms with Gasteiger partial charge < -0.3 is 14.7 Å². The maximum Gasteiger partial charge on any atom is 0.284 e. The van der Waals surface area contributed by atoms with E-state index in [9.17, 15) is 14.7 Å². The summed E-state index contributed by atoms with van der Waals surface area (Å²) in [6, 6.07) is 9.15. The van der Waals surface area contributed by atoms with Crippen molar-refractivity contribution in [2.45, 2.75) is 18.1 Å². The number of nitrogens with one attached hydrogen (secondary N) is 1. The molecule has 3 fully saturated rings. The Balaban J connectivity index is 1.37. The second-order valence-corrected chi connectivity index (χ2v) is 8.63. The minimum absolute atomic E-state index is 0.0622. The first kappa shape index (κ1) is 20.6. The van der Waals surface area contributed by atoms with Crippen LogP contribution in [0.1, 0.15) is 34.1 Å². The molecule has 0 radical (unpaired) electrons. The van der Waals surface area contributed by atoms with E-state index in [1.165, 1.54) is 17.4 Å². The van der Waals surface area contributed by atoms with Gasteiger partial charge >= 0.3 is 0 Å². The van der Waals surface area contributed by atoms with Crippen LogP contribution in [0.2, 0.25) is 0 Å². The molecule has 9 nitrogen and oxygen atoms in total. The Hall–Kier alpha value is -3.32. The van der Waals surface area contributed by atoms with E-state index in [4.69, 9.17) is 4.74 Å². The van der Waals surface area contributed by atoms with Gasteiger partial charge in [0.2, 0.25) is 5.60 Å². The SMILES string of the molecule is CN1CC[C@@](O)(C#Cc2cccc(C3N(NC(=O)c4ccncn4)CC34COC4)c2)C1=O. The summed E-state index contributed by atoms with van der Waals surface area (Å²) in [5.74, 6) is 5.06. The number of carbonyl (C=O) groups is 2. The van der Waals surface area contributed by atoms with Gasteiger partial charge in [0.1, 0.15) is 12.0 Å². The summed E-state index contributed by atoms with van der Waals surface area (Å²) in [6.07, 6.45) is 3.16. The molecular formula is C23H23N5O4. The first-order valence-electron chi connectivity index (χ1n) is 10.4. The van der Waals surface area contributed by atoms with Crippen molar-refractivity contribution >= 4 is 11.8 Å². The lowest BCUT2D eigenvalue weighted by Crippen LogP contribution is -2.71. The monoisotopic (exact) mass is 433 g/mol. The molecule has 0 saturated carbocycles. The Morgan fingerprint density at radius 3 is 2.84 bits per heavy atom. The number of nitrogens with zero attached hydrogens (tertiary/aromatic N) is 4. The Labute approximate surface area is 185 Å². The molecule has 1 spiro atoms. The summed E-state index contributed by atoms with van der Waals surface area (Å²) in [4.78, 5) is 34.1. The molecule has 9 heteroatoms. The first-order valence-corrected chi connectivity index (χ1v) is 10.4. The van der Waals surface area contributed by atoms with Crippen LogP contribution in [-0.2, 0) is 9.53 Å². The van der Waals surface area contributed by atoms with Crippen LogP contribution in [0.4, 0.5) is 0 Å². The van der Waals surface area contributed by atoms with E-state index < -0.39 is 5.60 Å². The summed E-state index contributed by atoms with van der Waals surface area (Å²) >= 11 is 0. The summed E-state index contributed by atoms with van der Waals surface area (Å²) in [7, 11) is 1.66. The summed E-state index contributed by atoms with van der Waals surface area (Å²) in [5.41, 5.74) is 3.22. The fourth-order valence-corrected chi connectivity index (χ4v) is 4.53. The number of aliphatic hydroxyl groups is 1. The number of benzene rings is 1. The fourth-order valence-electron chi connectivity index (χ4n) is 4.53. The predicted molar refractivity (Wildman–Crippen MR) is 113 cm³/mol. The van der Waals surface area contributed by atoms with E-state index in [-0.39, 0.29) is 23.3 Å². The number of rotatable bonds is 3. The third-order valence-corrected chi connectivity index (χ3v) is 6.34. The van der Waals surface area contributed by atoms with Gasteiger partial charge in [-0.15, -0.1) is 0 Å². The lowest BCUT2D eigenvalue weighted by Gasteiger charge is -2.61. The highest BCUT2D eigenvalue weighted by atomic mass is 16.5. The zero-order valence-corrected chi connectivity index (χ0v) is 17.6. The Kier molecular flexibility index (Phi) is 4.93. The Morgan fingerprint density at radius 2 is 2.19 bits per heavy atom. The maximum absolute atomic E-state index is 12.6. The van der Waals surface area contributed by atoms with E-state index >= 15 is 0 Å². The van der Waals surface area contributed by atoms with Crippen molar-refractivity contribution in [3.63, 3.8) is 0 Å². The van der Waals surface area contributed by atoms with Gasteiger partial charge in [-0.1, -0.05) is 24.0 Å². The van der Waals surface area contributed by atoms with Crippen LogP contribution in [0, 0.1) is 17.3 Å².